The smallest absolute Gasteiger partial charge is 0.137 e. The molecule has 7 nitrogen and oxygen atoms in total. The molecular weight excluding hydrogens is 362 g/mol. The fourth-order valence-electron chi connectivity index (χ4n) is 4.16. The van der Waals surface area contributed by atoms with Gasteiger partial charge in [-0.25, -0.2) is 0 Å². The largest absolute Gasteiger partial charge is 0.507 e. The van der Waals surface area contributed by atoms with Crippen LogP contribution in [0.1, 0.15) is 23.7 Å². The quantitative estimate of drug-likeness (QED) is 0.164. The van der Waals surface area contributed by atoms with E-state index in [0.29, 0.717) is 5.75 Å². The van der Waals surface area contributed by atoms with E-state index in [9.17, 15) is 25.5 Å². The maximum absolute atomic E-state index is 10.9. The number of terminal acetylenes is 1. The van der Waals surface area contributed by atoms with E-state index in [-0.39, 0.29) is 62.7 Å². The molecule has 7 N–H and O–H groups in total. The SMILES string of the molecule is C#CC1(O)Cc2c(c(N)c3c(O)c4c(OC)cccc4c(O)c3c2O)C(O)C1. The molecule has 3 aromatic rings. The minimum atomic E-state index is -1.66. The molecule has 144 valence electrons. The van der Waals surface area contributed by atoms with Gasteiger partial charge in [0.25, 0.3) is 0 Å². The number of methoxy groups -OCH3 is 1. The second-order valence-corrected chi connectivity index (χ2v) is 7.06. The zero-order valence-electron chi connectivity index (χ0n) is 15.0. The number of nitrogen functional groups attached to an aromatic ring is 1. The van der Waals surface area contributed by atoms with Crippen molar-refractivity contribution in [1.29, 1.82) is 0 Å². The summed E-state index contributed by atoms with van der Waals surface area (Å²) in [4.78, 5) is 0. The first-order valence-corrected chi connectivity index (χ1v) is 8.59. The number of nitrogens with two attached hydrogens (primary N) is 1. The highest BCUT2D eigenvalue weighted by atomic mass is 16.5. The third-order valence-corrected chi connectivity index (χ3v) is 5.47. The Kier molecular flexibility index (Phi) is 3.76. The highest BCUT2D eigenvalue weighted by molar-refractivity contribution is 6.18. The van der Waals surface area contributed by atoms with E-state index in [1.165, 1.54) is 7.11 Å². The standard InChI is InChI=1S/C21H19NO6/c1-3-21(27)7-10-13(11(23)8-21)17(22)15-16(19(10)25)18(24)9-5-4-6-12(28-2)14(9)20(15)26/h1,4-6,11,23-27H,7-8,22H2,2H3. The molecule has 7 heteroatoms. The first-order chi connectivity index (χ1) is 13.2. The summed E-state index contributed by atoms with van der Waals surface area (Å²) in [5.74, 6) is 1.55. The fourth-order valence-corrected chi connectivity index (χ4v) is 4.16. The third-order valence-electron chi connectivity index (χ3n) is 5.47. The lowest BCUT2D eigenvalue weighted by atomic mass is 9.76. The zero-order valence-corrected chi connectivity index (χ0v) is 15.0. The Bertz CT molecular complexity index is 1200. The van der Waals surface area contributed by atoms with Crippen LogP contribution < -0.4 is 10.5 Å². The summed E-state index contributed by atoms with van der Waals surface area (Å²) in [6, 6.07) is 4.81. The molecule has 0 bridgehead atoms. The van der Waals surface area contributed by atoms with Crippen LogP contribution in [-0.2, 0) is 6.42 Å². The summed E-state index contributed by atoms with van der Waals surface area (Å²) in [5.41, 5.74) is 4.91. The van der Waals surface area contributed by atoms with Crippen molar-refractivity contribution in [2.24, 2.45) is 0 Å². The summed E-state index contributed by atoms with van der Waals surface area (Å²) in [6.07, 6.45) is 3.81. The number of phenolic OH excluding ortho intramolecular Hbond substituents is 3. The first kappa shape index (κ1) is 18.0. The Morgan fingerprint density at radius 3 is 2.50 bits per heavy atom. The molecule has 1 aliphatic rings. The van der Waals surface area contributed by atoms with Gasteiger partial charge in [0.15, 0.2) is 0 Å². The van der Waals surface area contributed by atoms with Crippen LogP contribution in [0.2, 0.25) is 0 Å². The molecule has 2 atom stereocenters. The van der Waals surface area contributed by atoms with Crippen molar-refractivity contribution >= 4 is 27.2 Å². The second-order valence-electron chi connectivity index (χ2n) is 7.06. The minimum Gasteiger partial charge on any atom is -0.507 e. The lowest BCUT2D eigenvalue weighted by Crippen LogP contribution is -2.36. The fraction of sp³-hybridized carbons (Fsp3) is 0.238. The number of ether oxygens (including phenoxy) is 1. The average Bonchev–Trinajstić information content (AvgIpc) is 2.67. The van der Waals surface area contributed by atoms with Gasteiger partial charge in [0.1, 0.15) is 28.6 Å². The highest BCUT2D eigenvalue weighted by Gasteiger charge is 2.40. The van der Waals surface area contributed by atoms with Gasteiger partial charge < -0.3 is 36.0 Å². The molecule has 0 saturated heterocycles. The maximum atomic E-state index is 10.9. The minimum absolute atomic E-state index is 0.00375. The molecule has 0 radical (unpaired) electrons. The van der Waals surface area contributed by atoms with Crippen molar-refractivity contribution in [2.75, 3.05) is 12.8 Å². The Morgan fingerprint density at radius 1 is 1.14 bits per heavy atom. The van der Waals surface area contributed by atoms with E-state index in [0.717, 1.165) is 0 Å². The molecule has 0 aromatic heterocycles. The van der Waals surface area contributed by atoms with Crippen LogP contribution in [0.5, 0.6) is 23.0 Å². The molecule has 0 fully saturated rings. The van der Waals surface area contributed by atoms with Gasteiger partial charge in [0.2, 0.25) is 0 Å². The number of anilines is 1. The van der Waals surface area contributed by atoms with Crippen molar-refractivity contribution in [3.8, 4) is 35.3 Å². The number of rotatable bonds is 1. The van der Waals surface area contributed by atoms with Crippen LogP contribution in [0.3, 0.4) is 0 Å². The third kappa shape index (κ3) is 2.19. The van der Waals surface area contributed by atoms with Crippen molar-refractivity contribution < 1.29 is 30.3 Å². The molecule has 0 amide bonds. The highest BCUT2D eigenvalue weighted by Crippen LogP contribution is 2.55. The monoisotopic (exact) mass is 381 g/mol. The Balaban J connectivity index is 2.23. The van der Waals surface area contributed by atoms with E-state index in [1.807, 2.05) is 0 Å². The number of aliphatic hydroxyl groups is 2. The van der Waals surface area contributed by atoms with Gasteiger partial charge in [-0.05, 0) is 6.07 Å². The lowest BCUT2D eigenvalue weighted by Gasteiger charge is -2.34. The Morgan fingerprint density at radius 2 is 1.86 bits per heavy atom. The number of fused-ring (bicyclic) bond motifs is 3. The maximum Gasteiger partial charge on any atom is 0.137 e. The van der Waals surface area contributed by atoms with Crippen LogP contribution in [0.4, 0.5) is 5.69 Å². The second kappa shape index (κ2) is 5.83. The van der Waals surface area contributed by atoms with Gasteiger partial charge in [-0.2, -0.15) is 0 Å². The van der Waals surface area contributed by atoms with Crippen molar-refractivity contribution in [2.45, 2.75) is 24.5 Å². The molecule has 0 aliphatic heterocycles. The van der Waals surface area contributed by atoms with Gasteiger partial charge in [-0.3, -0.25) is 0 Å². The zero-order chi connectivity index (χ0) is 20.4. The molecule has 0 heterocycles. The van der Waals surface area contributed by atoms with E-state index >= 15 is 0 Å². The summed E-state index contributed by atoms with van der Waals surface area (Å²) in [7, 11) is 1.42. The molecule has 3 aromatic carbocycles. The van der Waals surface area contributed by atoms with Gasteiger partial charge in [0, 0.05) is 35.0 Å². The Labute approximate surface area is 160 Å². The normalized spacial score (nSPS) is 21.4. The van der Waals surface area contributed by atoms with Gasteiger partial charge in [-0.1, -0.05) is 18.1 Å². The van der Waals surface area contributed by atoms with Crippen LogP contribution in [0.15, 0.2) is 18.2 Å². The number of aliphatic hydroxyl groups excluding tert-OH is 1. The topological polar surface area (TPSA) is 136 Å². The predicted molar refractivity (Wildman–Crippen MR) is 104 cm³/mol. The van der Waals surface area contributed by atoms with Crippen molar-refractivity contribution in [1.82, 2.24) is 0 Å². The van der Waals surface area contributed by atoms with E-state index in [2.05, 4.69) is 5.92 Å². The molecule has 0 saturated carbocycles. The molecule has 4 rings (SSSR count). The molecule has 0 spiro atoms. The van der Waals surface area contributed by atoms with Gasteiger partial charge in [0.05, 0.1) is 29.4 Å². The summed E-state index contributed by atoms with van der Waals surface area (Å²) in [5, 5.41) is 54.1. The van der Waals surface area contributed by atoms with Gasteiger partial charge in [-0.15, -0.1) is 6.42 Å². The molecule has 2 unspecified atom stereocenters. The Hall–Kier alpha value is -3.34. The van der Waals surface area contributed by atoms with Crippen LogP contribution in [0.25, 0.3) is 21.5 Å². The predicted octanol–water partition coefficient (Wildman–Crippen LogP) is 2.04. The number of hydrogen-bond acceptors (Lipinski definition) is 7. The van der Waals surface area contributed by atoms with E-state index in [4.69, 9.17) is 16.9 Å². The number of hydrogen-bond donors (Lipinski definition) is 6. The van der Waals surface area contributed by atoms with Gasteiger partial charge >= 0.3 is 0 Å². The van der Waals surface area contributed by atoms with Crippen LogP contribution in [0, 0.1) is 12.3 Å². The lowest BCUT2D eigenvalue weighted by molar-refractivity contribution is 0.0216. The van der Waals surface area contributed by atoms with Crippen LogP contribution >= 0.6 is 0 Å². The molecule has 1 aliphatic carbocycles. The molecule has 28 heavy (non-hydrogen) atoms. The van der Waals surface area contributed by atoms with Crippen molar-refractivity contribution in [3.63, 3.8) is 0 Å². The number of benzene rings is 3. The number of aromatic hydroxyl groups is 3. The molecular formula is C21H19NO6. The summed E-state index contributed by atoms with van der Waals surface area (Å²) in [6.45, 7) is 0. The van der Waals surface area contributed by atoms with E-state index in [1.54, 1.807) is 18.2 Å². The first-order valence-electron chi connectivity index (χ1n) is 8.59. The van der Waals surface area contributed by atoms with Crippen LogP contribution in [-0.4, -0.2) is 38.2 Å². The average molecular weight is 381 g/mol. The summed E-state index contributed by atoms with van der Waals surface area (Å²) >= 11 is 0. The van der Waals surface area contributed by atoms with Crippen molar-refractivity contribution in [3.05, 3.63) is 29.3 Å². The van der Waals surface area contributed by atoms with E-state index < -0.39 is 17.5 Å². The summed E-state index contributed by atoms with van der Waals surface area (Å²) < 4.78 is 5.28. The number of phenols is 3.